The molecule has 2 amide bonds. The Bertz CT molecular complexity index is 630. The van der Waals surface area contributed by atoms with Crippen molar-refractivity contribution in [1.82, 2.24) is 15.6 Å². The maximum absolute atomic E-state index is 11.8. The number of hydrogen-bond donors (Lipinski definition) is 2. The van der Waals surface area contributed by atoms with Crippen LogP contribution in [-0.2, 0) is 4.79 Å². The van der Waals surface area contributed by atoms with Crippen molar-refractivity contribution in [2.24, 2.45) is 0 Å². The lowest BCUT2D eigenvalue weighted by molar-refractivity contribution is -0.120. The lowest BCUT2D eigenvalue weighted by atomic mass is 10.2. The standard InChI is InChI=1S/C14H14BrN3O2S/c1-9(10-4-2-3-7-16-10)18-13(19)8-17-14(20)11-5-6-12(15)21-11/h2-7,9H,8H2,1H3,(H,17,20)(H,18,19). The van der Waals surface area contributed by atoms with Crippen molar-refractivity contribution in [3.05, 3.63) is 50.9 Å². The first-order chi connectivity index (χ1) is 10.1. The Morgan fingerprint density at radius 3 is 2.76 bits per heavy atom. The van der Waals surface area contributed by atoms with Gasteiger partial charge in [-0.25, -0.2) is 0 Å². The minimum atomic E-state index is -0.258. The maximum Gasteiger partial charge on any atom is 0.261 e. The molecule has 0 saturated carbocycles. The lowest BCUT2D eigenvalue weighted by Gasteiger charge is -2.13. The van der Waals surface area contributed by atoms with E-state index in [1.54, 1.807) is 18.3 Å². The highest BCUT2D eigenvalue weighted by molar-refractivity contribution is 9.11. The van der Waals surface area contributed by atoms with Gasteiger partial charge in [0.05, 0.1) is 26.9 Å². The maximum atomic E-state index is 11.8. The number of thiophene rings is 1. The molecule has 0 spiro atoms. The van der Waals surface area contributed by atoms with Crippen molar-refractivity contribution >= 4 is 39.1 Å². The monoisotopic (exact) mass is 367 g/mol. The largest absolute Gasteiger partial charge is 0.346 e. The molecular weight excluding hydrogens is 354 g/mol. The molecular formula is C14H14BrN3O2S. The minimum Gasteiger partial charge on any atom is -0.346 e. The van der Waals surface area contributed by atoms with E-state index in [9.17, 15) is 9.59 Å². The second-order valence-corrected chi connectivity index (χ2v) is 6.79. The van der Waals surface area contributed by atoms with E-state index >= 15 is 0 Å². The number of rotatable bonds is 5. The van der Waals surface area contributed by atoms with Gasteiger partial charge in [-0.15, -0.1) is 11.3 Å². The number of amides is 2. The van der Waals surface area contributed by atoms with Crippen LogP contribution in [0.3, 0.4) is 0 Å². The van der Waals surface area contributed by atoms with Crippen LogP contribution in [0.15, 0.2) is 40.3 Å². The summed E-state index contributed by atoms with van der Waals surface area (Å²) in [5.74, 6) is -0.511. The predicted molar refractivity (Wildman–Crippen MR) is 85.1 cm³/mol. The fraction of sp³-hybridized carbons (Fsp3) is 0.214. The van der Waals surface area contributed by atoms with Crippen LogP contribution in [0.1, 0.15) is 28.3 Å². The summed E-state index contributed by atoms with van der Waals surface area (Å²) in [6.45, 7) is 1.78. The molecule has 110 valence electrons. The number of carbonyl (C=O) groups excluding carboxylic acids is 2. The van der Waals surface area contributed by atoms with Crippen LogP contribution in [0, 0.1) is 0 Å². The number of aromatic nitrogens is 1. The number of carbonyl (C=O) groups is 2. The average Bonchev–Trinajstić information content (AvgIpc) is 2.92. The summed E-state index contributed by atoms with van der Waals surface area (Å²) in [6, 6.07) is 8.82. The summed E-state index contributed by atoms with van der Waals surface area (Å²) in [4.78, 5) is 28.3. The third kappa shape index (κ3) is 4.64. The molecule has 2 heterocycles. The molecule has 7 heteroatoms. The second kappa shape index (κ2) is 7.33. The van der Waals surface area contributed by atoms with Crippen LogP contribution in [0.4, 0.5) is 0 Å². The van der Waals surface area contributed by atoms with Crippen LogP contribution in [-0.4, -0.2) is 23.3 Å². The summed E-state index contributed by atoms with van der Waals surface area (Å²) in [5, 5.41) is 5.37. The van der Waals surface area contributed by atoms with Crippen LogP contribution >= 0.6 is 27.3 Å². The van der Waals surface area contributed by atoms with E-state index in [0.29, 0.717) is 4.88 Å². The molecule has 2 aromatic heterocycles. The Balaban J connectivity index is 1.81. The number of halogens is 1. The first-order valence-electron chi connectivity index (χ1n) is 6.30. The summed E-state index contributed by atoms with van der Waals surface area (Å²) >= 11 is 4.61. The molecule has 0 saturated heterocycles. The normalized spacial score (nSPS) is 11.7. The van der Waals surface area contributed by atoms with Gasteiger partial charge in [-0.1, -0.05) is 6.07 Å². The van der Waals surface area contributed by atoms with Gasteiger partial charge in [0.1, 0.15) is 0 Å². The zero-order valence-corrected chi connectivity index (χ0v) is 13.7. The fourth-order valence-electron chi connectivity index (χ4n) is 1.68. The Kier molecular flexibility index (Phi) is 5.46. The van der Waals surface area contributed by atoms with Crippen molar-refractivity contribution in [1.29, 1.82) is 0 Å². The predicted octanol–water partition coefficient (Wildman–Crippen LogP) is 2.51. The number of pyridine rings is 1. The van der Waals surface area contributed by atoms with Crippen molar-refractivity contribution < 1.29 is 9.59 Å². The molecule has 0 radical (unpaired) electrons. The van der Waals surface area contributed by atoms with Crippen LogP contribution in [0.5, 0.6) is 0 Å². The summed E-state index contributed by atoms with van der Waals surface area (Å²) in [6.07, 6.45) is 1.68. The lowest BCUT2D eigenvalue weighted by Crippen LogP contribution is -2.38. The highest BCUT2D eigenvalue weighted by Crippen LogP contribution is 2.21. The Hall–Kier alpha value is -1.73. The second-order valence-electron chi connectivity index (χ2n) is 4.33. The van der Waals surface area contributed by atoms with Gasteiger partial charge in [0.2, 0.25) is 5.91 Å². The third-order valence-corrected chi connectivity index (χ3v) is 4.34. The van der Waals surface area contributed by atoms with Gasteiger partial charge in [-0.05, 0) is 47.1 Å². The van der Waals surface area contributed by atoms with E-state index < -0.39 is 0 Å². The van der Waals surface area contributed by atoms with Gasteiger partial charge in [-0.2, -0.15) is 0 Å². The van der Waals surface area contributed by atoms with Crippen molar-refractivity contribution in [2.45, 2.75) is 13.0 Å². The molecule has 0 aliphatic heterocycles. The number of hydrogen-bond acceptors (Lipinski definition) is 4. The molecule has 5 nitrogen and oxygen atoms in total. The van der Waals surface area contributed by atoms with Gasteiger partial charge in [0, 0.05) is 6.20 Å². The van der Waals surface area contributed by atoms with Gasteiger partial charge in [-0.3, -0.25) is 14.6 Å². The molecule has 0 bridgehead atoms. The number of nitrogens with zero attached hydrogens (tertiary/aromatic N) is 1. The molecule has 2 aromatic rings. The fourth-order valence-corrected chi connectivity index (χ4v) is 2.99. The molecule has 0 fully saturated rings. The van der Waals surface area contributed by atoms with Crippen molar-refractivity contribution in [3.63, 3.8) is 0 Å². The van der Waals surface area contributed by atoms with Crippen molar-refractivity contribution in [2.75, 3.05) is 6.54 Å². The van der Waals surface area contributed by atoms with Gasteiger partial charge in [0.25, 0.3) is 5.91 Å². The number of nitrogens with one attached hydrogen (secondary N) is 2. The van der Waals surface area contributed by atoms with Crippen molar-refractivity contribution in [3.8, 4) is 0 Å². The minimum absolute atomic E-state index is 0.0640. The molecule has 2 rings (SSSR count). The average molecular weight is 368 g/mol. The van der Waals surface area contributed by atoms with Gasteiger partial charge in [0.15, 0.2) is 0 Å². The molecule has 2 N–H and O–H groups in total. The van der Waals surface area contributed by atoms with E-state index in [4.69, 9.17) is 0 Å². The summed E-state index contributed by atoms with van der Waals surface area (Å²) in [5.41, 5.74) is 0.777. The SMILES string of the molecule is CC(NC(=O)CNC(=O)c1ccc(Br)s1)c1ccccn1. The van der Waals surface area contributed by atoms with Gasteiger partial charge >= 0.3 is 0 Å². The van der Waals surface area contributed by atoms with E-state index in [1.165, 1.54) is 11.3 Å². The van der Waals surface area contributed by atoms with Crippen LogP contribution < -0.4 is 10.6 Å². The highest BCUT2D eigenvalue weighted by atomic mass is 79.9. The summed E-state index contributed by atoms with van der Waals surface area (Å²) < 4.78 is 0.876. The first kappa shape index (κ1) is 15.7. The molecule has 1 atom stereocenters. The molecule has 21 heavy (non-hydrogen) atoms. The Morgan fingerprint density at radius 1 is 1.33 bits per heavy atom. The molecule has 0 aliphatic carbocycles. The van der Waals surface area contributed by atoms with E-state index in [1.807, 2.05) is 25.1 Å². The smallest absolute Gasteiger partial charge is 0.261 e. The van der Waals surface area contributed by atoms with Crippen LogP contribution in [0.25, 0.3) is 0 Å². The molecule has 1 unspecified atom stereocenters. The van der Waals surface area contributed by atoms with E-state index in [-0.39, 0.29) is 24.4 Å². The zero-order valence-electron chi connectivity index (χ0n) is 11.3. The van der Waals surface area contributed by atoms with Crippen LogP contribution in [0.2, 0.25) is 0 Å². The molecule has 0 aromatic carbocycles. The topological polar surface area (TPSA) is 71.1 Å². The Labute approximate surface area is 134 Å². The zero-order chi connectivity index (χ0) is 15.2. The highest BCUT2D eigenvalue weighted by Gasteiger charge is 2.13. The third-order valence-electron chi connectivity index (χ3n) is 2.72. The quantitative estimate of drug-likeness (QED) is 0.852. The Morgan fingerprint density at radius 2 is 2.14 bits per heavy atom. The molecule has 0 aliphatic rings. The van der Waals surface area contributed by atoms with E-state index in [0.717, 1.165) is 9.48 Å². The van der Waals surface area contributed by atoms with E-state index in [2.05, 4.69) is 31.5 Å². The summed E-state index contributed by atoms with van der Waals surface area (Å²) in [7, 11) is 0. The van der Waals surface area contributed by atoms with Gasteiger partial charge < -0.3 is 10.6 Å². The first-order valence-corrected chi connectivity index (χ1v) is 7.91.